The van der Waals surface area contributed by atoms with E-state index in [1.807, 2.05) is 6.07 Å². The average molecular weight is 441 g/mol. The van der Waals surface area contributed by atoms with Gasteiger partial charge in [0, 0.05) is 23.7 Å². The quantitative estimate of drug-likeness (QED) is 0.566. The second-order valence-electron chi connectivity index (χ2n) is 7.94. The van der Waals surface area contributed by atoms with Crippen LogP contribution in [0.3, 0.4) is 0 Å². The van der Waals surface area contributed by atoms with Crippen LogP contribution in [0.1, 0.15) is 31.9 Å². The zero-order chi connectivity index (χ0) is 22.4. The van der Waals surface area contributed by atoms with Crippen molar-refractivity contribution in [3.05, 3.63) is 70.7 Å². The molecule has 0 unspecified atom stereocenters. The predicted molar refractivity (Wildman–Crippen MR) is 113 cm³/mol. The highest BCUT2D eigenvalue weighted by Crippen LogP contribution is 2.33. The topological polar surface area (TPSA) is 70.6 Å². The van der Waals surface area contributed by atoms with Gasteiger partial charge in [-0.05, 0) is 38.5 Å². The van der Waals surface area contributed by atoms with E-state index >= 15 is 8.78 Å². The first-order valence-electron chi connectivity index (χ1n) is 9.55. The zero-order valence-electron chi connectivity index (χ0n) is 17.2. The number of alkyl halides is 2. The van der Waals surface area contributed by atoms with Crippen molar-refractivity contribution in [1.82, 2.24) is 10.6 Å². The Morgan fingerprint density at radius 3 is 2.40 bits per heavy atom. The monoisotopic (exact) mass is 440 g/mol. The van der Waals surface area contributed by atoms with Crippen LogP contribution in [0.25, 0.3) is 0 Å². The van der Waals surface area contributed by atoms with E-state index in [9.17, 15) is 9.90 Å². The van der Waals surface area contributed by atoms with Crippen LogP contribution in [0.2, 0.25) is 5.02 Å². The molecule has 0 aromatic heterocycles. The Balaban J connectivity index is 2.13. The Kier molecular flexibility index (Phi) is 8.18. The number of alkyl carbamates (subject to hydrolysis) is 1. The lowest BCUT2D eigenvalue weighted by molar-refractivity contribution is -0.0848. The van der Waals surface area contributed by atoms with Crippen molar-refractivity contribution in [2.24, 2.45) is 0 Å². The Morgan fingerprint density at radius 2 is 1.80 bits per heavy atom. The fourth-order valence-electron chi connectivity index (χ4n) is 2.83. The molecule has 30 heavy (non-hydrogen) atoms. The number of carbonyl (C=O) groups is 1. The summed E-state index contributed by atoms with van der Waals surface area (Å²) in [7, 11) is 0. The van der Waals surface area contributed by atoms with Gasteiger partial charge in [0.25, 0.3) is 5.92 Å². The van der Waals surface area contributed by atoms with Crippen LogP contribution in [0, 0.1) is 0 Å². The summed E-state index contributed by atoms with van der Waals surface area (Å²) in [5.74, 6) is -3.53. The van der Waals surface area contributed by atoms with E-state index in [1.165, 1.54) is 24.3 Å². The minimum atomic E-state index is -3.53. The number of aliphatic hydroxyl groups excluding tert-OH is 1. The summed E-state index contributed by atoms with van der Waals surface area (Å²) < 4.78 is 35.5. The number of benzene rings is 2. The molecular formula is C22H27ClF2N2O3. The molecule has 1 amide bonds. The molecule has 2 aromatic carbocycles. The Bertz CT molecular complexity index is 829. The molecule has 2 atom stereocenters. The Morgan fingerprint density at radius 1 is 1.13 bits per heavy atom. The van der Waals surface area contributed by atoms with Crippen molar-refractivity contribution < 1.29 is 23.4 Å². The van der Waals surface area contributed by atoms with E-state index in [0.29, 0.717) is 11.6 Å². The van der Waals surface area contributed by atoms with Crippen molar-refractivity contribution in [1.29, 1.82) is 0 Å². The van der Waals surface area contributed by atoms with Crippen LogP contribution in [0.4, 0.5) is 13.6 Å². The number of nitrogens with one attached hydrogen (secondary N) is 2. The number of carbonyl (C=O) groups excluding carboxylic acids is 1. The molecule has 0 saturated carbocycles. The molecule has 5 nitrogen and oxygen atoms in total. The average Bonchev–Trinajstić information content (AvgIpc) is 2.65. The van der Waals surface area contributed by atoms with Gasteiger partial charge in [-0.15, -0.1) is 0 Å². The lowest BCUT2D eigenvalue weighted by atomic mass is 9.96. The van der Waals surface area contributed by atoms with E-state index in [-0.39, 0.29) is 12.1 Å². The summed E-state index contributed by atoms with van der Waals surface area (Å²) in [6.07, 6.45) is -2.62. The molecule has 0 aliphatic heterocycles. The van der Waals surface area contributed by atoms with E-state index < -0.39 is 29.8 Å². The Labute approximate surface area is 180 Å². The van der Waals surface area contributed by atoms with Crippen molar-refractivity contribution >= 4 is 17.7 Å². The fourth-order valence-corrected chi connectivity index (χ4v) is 3.04. The molecule has 2 aromatic rings. The van der Waals surface area contributed by atoms with Gasteiger partial charge in [0.15, 0.2) is 0 Å². The molecule has 0 saturated heterocycles. The summed E-state index contributed by atoms with van der Waals surface area (Å²) in [6.45, 7) is 5.00. The van der Waals surface area contributed by atoms with Gasteiger partial charge in [0.1, 0.15) is 11.6 Å². The number of rotatable bonds is 8. The predicted octanol–water partition coefficient (Wildman–Crippen LogP) is 4.48. The molecule has 164 valence electrons. The van der Waals surface area contributed by atoms with E-state index in [1.54, 1.807) is 45.0 Å². The number of hydrogen-bond donors (Lipinski definition) is 3. The van der Waals surface area contributed by atoms with Crippen LogP contribution in [0.5, 0.6) is 0 Å². The van der Waals surface area contributed by atoms with Gasteiger partial charge < -0.3 is 20.5 Å². The van der Waals surface area contributed by atoms with Gasteiger partial charge in [-0.2, -0.15) is 8.78 Å². The number of hydrogen-bond acceptors (Lipinski definition) is 4. The summed E-state index contributed by atoms with van der Waals surface area (Å²) >= 11 is 5.94. The number of halogens is 3. The highest BCUT2D eigenvalue weighted by atomic mass is 35.5. The van der Waals surface area contributed by atoms with E-state index in [2.05, 4.69) is 10.6 Å². The first kappa shape index (κ1) is 24.1. The molecule has 0 spiro atoms. The fraction of sp³-hybridized carbons (Fsp3) is 0.409. The van der Waals surface area contributed by atoms with Gasteiger partial charge >= 0.3 is 6.09 Å². The molecule has 0 fully saturated rings. The first-order chi connectivity index (χ1) is 14.0. The molecule has 0 radical (unpaired) electrons. The van der Waals surface area contributed by atoms with Crippen molar-refractivity contribution in [3.63, 3.8) is 0 Å². The minimum absolute atomic E-state index is 0.185. The summed E-state index contributed by atoms with van der Waals surface area (Å²) in [5, 5.41) is 16.2. The molecule has 0 bridgehead atoms. The highest BCUT2D eigenvalue weighted by Gasteiger charge is 2.46. The zero-order valence-corrected chi connectivity index (χ0v) is 17.9. The SMILES string of the molecule is CC(C)(C)OC(=O)N[C@H]([C@H](O)CNCc1cccc(Cl)c1)C(F)(F)c1ccccc1. The Hall–Kier alpha value is -2.22. The normalized spacial score (nSPS) is 14.1. The molecule has 0 aliphatic carbocycles. The van der Waals surface area contributed by atoms with Crippen molar-refractivity contribution in [3.8, 4) is 0 Å². The molecule has 0 aliphatic rings. The lowest BCUT2D eigenvalue weighted by Crippen LogP contribution is -2.56. The van der Waals surface area contributed by atoms with Gasteiger partial charge in [-0.1, -0.05) is 54.1 Å². The maximum absolute atomic E-state index is 15.2. The summed E-state index contributed by atoms with van der Waals surface area (Å²) in [4.78, 5) is 12.2. The van der Waals surface area contributed by atoms with Crippen LogP contribution < -0.4 is 10.6 Å². The molecule has 8 heteroatoms. The number of ether oxygens (including phenoxy) is 1. The molecule has 2 rings (SSSR count). The highest BCUT2D eigenvalue weighted by molar-refractivity contribution is 6.30. The van der Waals surface area contributed by atoms with Crippen LogP contribution in [-0.4, -0.2) is 35.5 Å². The minimum Gasteiger partial charge on any atom is -0.444 e. The second-order valence-corrected chi connectivity index (χ2v) is 8.38. The third-order valence-corrected chi connectivity index (χ3v) is 4.41. The third kappa shape index (κ3) is 7.23. The molecular weight excluding hydrogens is 414 g/mol. The smallest absolute Gasteiger partial charge is 0.408 e. The van der Waals surface area contributed by atoms with Gasteiger partial charge in [0.2, 0.25) is 0 Å². The van der Waals surface area contributed by atoms with Gasteiger partial charge in [-0.3, -0.25) is 0 Å². The van der Waals surface area contributed by atoms with Crippen LogP contribution >= 0.6 is 11.6 Å². The van der Waals surface area contributed by atoms with Gasteiger partial charge in [-0.25, -0.2) is 4.79 Å². The van der Waals surface area contributed by atoms with Gasteiger partial charge in [0.05, 0.1) is 6.10 Å². The number of aliphatic hydroxyl groups is 1. The third-order valence-electron chi connectivity index (χ3n) is 4.18. The largest absolute Gasteiger partial charge is 0.444 e. The maximum Gasteiger partial charge on any atom is 0.408 e. The summed E-state index contributed by atoms with van der Waals surface area (Å²) in [5.41, 5.74) is -0.354. The maximum atomic E-state index is 15.2. The first-order valence-corrected chi connectivity index (χ1v) is 9.93. The van der Waals surface area contributed by atoms with Crippen molar-refractivity contribution in [2.75, 3.05) is 6.54 Å². The standard InChI is InChI=1S/C22H27ClF2N2O3/c1-21(2,3)30-20(29)27-19(22(24,25)16-9-5-4-6-10-16)18(28)14-26-13-15-8-7-11-17(23)12-15/h4-12,18-19,26,28H,13-14H2,1-3H3,(H,27,29)/t18-,19-/m1/s1. The van der Waals surface area contributed by atoms with Crippen LogP contribution in [0.15, 0.2) is 54.6 Å². The summed E-state index contributed by atoms with van der Waals surface area (Å²) in [6, 6.07) is 12.2. The van der Waals surface area contributed by atoms with Crippen molar-refractivity contribution in [2.45, 2.75) is 51.0 Å². The van der Waals surface area contributed by atoms with E-state index in [0.717, 1.165) is 5.56 Å². The van der Waals surface area contributed by atoms with Crippen LogP contribution in [-0.2, 0) is 17.2 Å². The lowest BCUT2D eigenvalue weighted by Gasteiger charge is -2.32. The second kappa shape index (κ2) is 10.2. The van der Waals surface area contributed by atoms with E-state index in [4.69, 9.17) is 16.3 Å². The number of amides is 1. The molecule has 0 heterocycles. The molecule has 3 N–H and O–H groups in total.